The van der Waals surface area contributed by atoms with E-state index in [0.717, 1.165) is 0 Å². The molecule has 0 aromatic carbocycles. The number of nitrogens with one attached hydrogen (secondary N) is 1. The van der Waals surface area contributed by atoms with Crippen LogP contribution in [0.4, 0.5) is 0 Å². The van der Waals surface area contributed by atoms with Crippen LogP contribution in [-0.4, -0.2) is 13.1 Å². The van der Waals surface area contributed by atoms with Crippen LogP contribution in [0.5, 0.6) is 0 Å². The lowest BCUT2D eigenvalue weighted by molar-refractivity contribution is 0.114. The maximum absolute atomic E-state index is 5.31. The summed E-state index contributed by atoms with van der Waals surface area (Å²) in [7, 11) is 0. The Morgan fingerprint density at radius 2 is 2.18 bits per heavy atom. The molecule has 1 aliphatic carbocycles. The summed E-state index contributed by atoms with van der Waals surface area (Å²) in [4.78, 5) is 0. The lowest BCUT2D eigenvalue weighted by Gasteiger charge is -2.42. The minimum atomic E-state index is 0. The summed E-state index contributed by atoms with van der Waals surface area (Å²) < 4.78 is 0. The van der Waals surface area contributed by atoms with Gasteiger partial charge in [0.05, 0.1) is 0 Å². The zero-order valence-electron chi connectivity index (χ0n) is 6.60. The quantitative estimate of drug-likeness (QED) is 0.544. The first-order valence-electron chi connectivity index (χ1n) is 4.02. The van der Waals surface area contributed by atoms with Gasteiger partial charge in [0.25, 0.3) is 0 Å². The third-order valence-corrected chi connectivity index (χ3v) is 2.93. The van der Waals surface area contributed by atoms with Gasteiger partial charge in [-0.05, 0) is 31.2 Å². The zero-order chi connectivity index (χ0) is 7.03. The highest BCUT2D eigenvalue weighted by molar-refractivity contribution is 5.85. The first-order valence-corrected chi connectivity index (χ1v) is 4.02. The molecule has 0 bridgehead atoms. The molecule has 1 nitrogen and oxygen atoms in total. The van der Waals surface area contributed by atoms with Gasteiger partial charge in [0.1, 0.15) is 0 Å². The van der Waals surface area contributed by atoms with Crippen LogP contribution in [0, 0.1) is 23.7 Å². The third kappa shape index (κ3) is 1.38. The van der Waals surface area contributed by atoms with Gasteiger partial charge in [0.15, 0.2) is 0 Å². The van der Waals surface area contributed by atoms with Crippen molar-refractivity contribution in [2.24, 2.45) is 11.3 Å². The van der Waals surface area contributed by atoms with Crippen molar-refractivity contribution < 1.29 is 0 Å². The molecule has 2 rings (SSSR count). The van der Waals surface area contributed by atoms with Gasteiger partial charge in [-0.3, -0.25) is 0 Å². The van der Waals surface area contributed by atoms with Crippen molar-refractivity contribution in [1.82, 2.24) is 5.32 Å². The summed E-state index contributed by atoms with van der Waals surface area (Å²) in [5.41, 5.74) is 0.636. The highest BCUT2D eigenvalue weighted by Gasteiger charge is 2.44. The molecule has 0 unspecified atom stereocenters. The molecule has 1 N–H and O–H groups in total. The molecule has 0 aromatic rings. The topological polar surface area (TPSA) is 12.0 Å². The molecule has 1 aliphatic heterocycles. The fourth-order valence-electron chi connectivity index (χ4n) is 2.25. The molecule has 11 heavy (non-hydrogen) atoms. The number of rotatable bonds is 0. The molecular weight excluding hydrogens is 158 g/mol. The Balaban J connectivity index is 0.000000605. The van der Waals surface area contributed by atoms with Crippen molar-refractivity contribution >= 4 is 12.4 Å². The Bertz CT molecular complexity index is 168. The molecule has 1 heterocycles. The maximum atomic E-state index is 5.31. The van der Waals surface area contributed by atoms with Crippen LogP contribution in [0.1, 0.15) is 19.3 Å². The van der Waals surface area contributed by atoms with E-state index in [0.29, 0.717) is 11.3 Å². The summed E-state index contributed by atoms with van der Waals surface area (Å²) in [6.45, 7) is 2.42. The Hall–Kier alpha value is -0.190. The minimum absolute atomic E-state index is 0. The van der Waals surface area contributed by atoms with Gasteiger partial charge in [-0.25, -0.2) is 0 Å². The fourth-order valence-corrected chi connectivity index (χ4v) is 2.25. The summed E-state index contributed by atoms with van der Waals surface area (Å²) >= 11 is 0. The van der Waals surface area contributed by atoms with Gasteiger partial charge in [0, 0.05) is 12.5 Å². The second-order valence-electron chi connectivity index (χ2n) is 3.70. The van der Waals surface area contributed by atoms with Crippen molar-refractivity contribution in [3.05, 3.63) is 0 Å². The molecule has 2 heteroatoms. The molecule has 1 spiro atoms. The molecular formula is C9H14ClN. The second-order valence-corrected chi connectivity index (χ2v) is 3.70. The first kappa shape index (κ1) is 8.90. The van der Waals surface area contributed by atoms with Gasteiger partial charge in [-0.1, -0.05) is 0 Å². The van der Waals surface area contributed by atoms with Crippen molar-refractivity contribution in [2.75, 3.05) is 13.1 Å². The smallest absolute Gasteiger partial charge is 0.0211 e. The Labute approximate surface area is 74.3 Å². The molecule has 0 atom stereocenters. The van der Waals surface area contributed by atoms with Gasteiger partial charge in [0.2, 0.25) is 0 Å². The lowest BCUT2D eigenvalue weighted by Crippen LogP contribution is -2.38. The van der Waals surface area contributed by atoms with Crippen LogP contribution in [0.25, 0.3) is 0 Å². The predicted molar refractivity (Wildman–Crippen MR) is 48.7 cm³/mol. The van der Waals surface area contributed by atoms with Crippen molar-refractivity contribution in [3.63, 3.8) is 0 Å². The SMILES string of the molecule is C#CC1CC2(CCNC2)C1.Cl. The average molecular weight is 172 g/mol. The Morgan fingerprint density at radius 1 is 1.45 bits per heavy atom. The Kier molecular flexibility index (Phi) is 2.47. The Morgan fingerprint density at radius 3 is 2.64 bits per heavy atom. The van der Waals surface area contributed by atoms with Gasteiger partial charge in [-0.2, -0.15) is 0 Å². The van der Waals surface area contributed by atoms with E-state index in [1.807, 2.05) is 0 Å². The van der Waals surface area contributed by atoms with E-state index >= 15 is 0 Å². The fraction of sp³-hybridized carbons (Fsp3) is 0.778. The van der Waals surface area contributed by atoms with Crippen LogP contribution >= 0.6 is 12.4 Å². The van der Waals surface area contributed by atoms with Crippen LogP contribution in [-0.2, 0) is 0 Å². The summed E-state index contributed by atoms with van der Waals surface area (Å²) in [6.07, 6.45) is 9.22. The van der Waals surface area contributed by atoms with E-state index in [-0.39, 0.29) is 12.4 Å². The zero-order valence-corrected chi connectivity index (χ0v) is 7.41. The van der Waals surface area contributed by atoms with E-state index < -0.39 is 0 Å². The highest BCUT2D eigenvalue weighted by atomic mass is 35.5. The van der Waals surface area contributed by atoms with E-state index in [2.05, 4.69) is 11.2 Å². The van der Waals surface area contributed by atoms with Gasteiger partial charge in [-0.15, -0.1) is 24.8 Å². The molecule has 0 amide bonds. The van der Waals surface area contributed by atoms with Crippen LogP contribution in [0.3, 0.4) is 0 Å². The number of hydrogen-bond donors (Lipinski definition) is 1. The molecule has 2 fully saturated rings. The van der Waals surface area contributed by atoms with Crippen molar-refractivity contribution in [1.29, 1.82) is 0 Å². The number of terminal acetylenes is 1. The minimum Gasteiger partial charge on any atom is -0.316 e. The molecule has 1 saturated carbocycles. The van der Waals surface area contributed by atoms with E-state index in [1.54, 1.807) is 0 Å². The van der Waals surface area contributed by atoms with E-state index in [4.69, 9.17) is 6.42 Å². The highest BCUT2D eigenvalue weighted by Crippen LogP contribution is 2.49. The van der Waals surface area contributed by atoms with Crippen molar-refractivity contribution in [2.45, 2.75) is 19.3 Å². The van der Waals surface area contributed by atoms with Crippen LogP contribution in [0.15, 0.2) is 0 Å². The first-order chi connectivity index (χ1) is 4.85. The maximum Gasteiger partial charge on any atom is 0.0211 e. The number of halogens is 1. The molecule has 1 saturated heterocycles. The number of hydrogen-bond acceptors (Lipinski definition) is 1. The monoisotopic (exact) mass is 171 g/mol. The van der Waals surface area contributed by atoms with Crippen LogP contribution in [0.2, 0.25) is 0 Å². The van der Waals surface area contributed by atoms with Crippen LogP contribution < -0.4 is 5.32 Å². The standard InChI is InChI=1S/C9H13N.ClH/c1-2-8-5-9(6-8)3-4-10-7-9;/h1,8,10H,3-7H2;1H. The summed E-state index contributed by atoms with van der Waals surface area (Å²) in [5, 5.41) is 3.39. The molecule has 62 valence electrons. The van der Waals surface area contributed by atoms with Gasteiger partial charge < -0.3 is 5.32 Å². The summed E-state index contributed by atoms with van der Waals surface area (Å²) in [5.74, 6) is 3.42. The predicted octanol–water partition coefficient (Wildman–Crippen LogP) is 1.43. The molecule has 0 radical (unpaired) electrons. The average Bonchev–Trinajstić information content (AvgIpc) is 2.30. The lowest BCUT2D eigenvalue weighted by atomic mass is 9.62. The molecule has 0 aromatic heterocycles. The molecule has 2 aliphatic rings. The summed E-state index contributed by atoms with van der Waals surface area (Å²) in [6, 6.07) is 0. The second kappa shape index (κ2) is 3.05. The van der Waals surface area contributed by atoms with E-state index in [1.165, 1.54) is 32.4 Å². The van der Waals surface area contributed by atoms with Crippen molar-refractivity contribution in [3.8, 4) is 12.3 Å². The van der Waals surface area contributed by atoms with Gasteiger partial charge >= 0.3 is 0 Å². The third-order valence-electron chi connectivity index (χ3n) is 2.93. The van der Waals surface area contributed by atoms with E-state index in [9.17, 15) is 0 Å². The normalized spacial score (nSPS) is 40.8. The largest absolute Gasteiger partial charge is 0.316 e.